The average Bonchev–Trinajstić information content (AvgIpc) is 1.16. The van der Waals surface area contributed by atoms with Crippen molar-refractivity contribution in [1.29, 1.82) is 0 Å². The predicted octanol–water partition coefficient (Wildman–Crippen LogP) is 9.31. The van der Waals surface area contributed by atoms with Crippen LogP contribution in [0.25, 0.3) is 0 Å². The van der Waals surface area contributed by atoms with Crippen molar-refractivity contribution in [2.24, 2.45) is 23.7 Å². The lowest BCUT2D eigenvalue weighted by atomic mass is 9.89. The highest BCUT2D eigenvalue weighted by atomic mass is 32.2. The number of amides is 1. The maximum atomic E-state index is 13.1. The first kappa shape index (κ1) is 84.5. The van der Waals surface area contributed by atoms with Crippen molar-refractivity contribution in [1.82, 2.24) is 10.3 Å². The van der Waals surface area contributed by atoms with Crippen LogP contribution < -0.4 is 15.8 Å². The minimum atomic E-state index is -6.09. The van der Waals surface area contributed by atoms with E-state index in [1.165, 1.54) is 24.9 Å². The molecule has 3 aliphatic heterocycles. The number of cyclic esters (lactones) is 3. The van der Waals surface area contributed by atoms with Gasteiger partial charge in [-0.3, -0.25) is 9.59 Å². The summed E-state index contributed by atoms with van der Waals surface area (Å²) in [5, 5.41) is 12.9. The van der Waals surface area contributed by atoms with E-state index in [0.717, 1.165) is 34.2 Å². The van der Waals surface area contributed by atoms with Crippen molar-refractivity contribution in [2.45, 2.75) is 121 Å². The van der Waals surface area contributed by atoms with Gasteiger partial charge in [-0.2, -0.15) is 13.2 Å². The number of rotatable bonds is 24. The third-order valence-electron chi connectivity index (χ3n) is 17.3. The van der Waals surface area contributed by atoms with Crippen molar-refractivity contribution in [3.8, 4) is 11.5 Å². The molecule has 0 bridgehead atoms. The lowest BCUT2D eigenvalue weighted by molar-refractivity contribution is -0.415. The zero-order valence-corrected chi connectivity index (χ0v) is 60.6. The maximum absolute atomic E-state index is 13.1. The van der Waals surface area contributed by atoms with Crippen LogP contribution in [0.4, 0.5) is 13.2 Å². The van der Waals surface area contributed by atoms with Crippen molar-refractivity contribution in [3.05, 3.63) is 233 Å². The van der Waals surface area contributed by atoms with Crippen LogP contribution in [0.3, 0.4) is 0 Å². The number of nitrogens with zero attached hydrogens (tertiary/aromatic N) is 1. The Kier molecular flexibility index (Phi) is 35.4. The maximum Gasteiger partial charge on any atom is 0.485 e. The van der Waals surface area contributed by atoms with E-state index in [-0.39, 0.29) is 112 Å². The molecule has 0 aliphatic carbocycles. The van der Waals surface area contributed by atoms with Crippen molar-refractivity contribution < 1.29 is 118 Å². The normalized spacial score (nSPS) is 23.1. The molecule has 24 nitrogen and oxygen atoms in total. The van der Waals surface area contributed by atoms with Gasteiger partial charge in [0.1, 0.15) is 45.3 Å². The average molecular weight is 1500 g/mol. The Hall–Kier alpha value is -8.75. The highest BCUT2D eigenvalue weighted by Gasteiger charge is 2.40. The van der Waals surface area contributed by atoms with Crippen LogP contribution >= 0.6 is 0 Å². The molecule has 3 fully saturated rings. The highest BCUT2D eigenvalue weighted by molar-refractivity contribution is 7.86. The Morgan fingerprint density at radius 2 is 0.849 bits per heavy atom. The first-order valence-electron chi connectivity index (χ1n) is 34.5. The quantitative estimate of drug-likeness (QED) is 0.0127. The zero-order valence-electron chi connectivity index (χ0n) is 59.8. The number of alkyl halides is 3. The number of methoxy groups -OCH3 is 1. The van der Waals surface area contributed by atoms with Gasteiger partial charge in [-0.05, 0) is 80.3 Å². The summed E-state index contributed by atoms with van der Waals surface area (Å²) in [6, 6.07) is 59.6. The summed E-state index contributed by atoms with van der Waals surface area (Å²) in [6.45, 7) is 10.4. The molecule has 0 radical (unpaired) electrons. The fourth-order valence-corrected chi connectivity index (χ4v) is 11.3. The Bertz CT molecular complexity index is 3680. The molecule has 5 N–H and O–H groups in total. The van der Waals surface area contributed by atoms with Crippen LogP contribution in [0.15, 0.2) is 194 Å². The highest BCUT2D eigenvalue weighted by Crippen LogP contribution is 2.30. The molecule has 10 rings (SSSR count). The van der Waals surface area contributed by atoms with Gasteiger partial charge >= 0.3 is 23.4 Å². The van der Waals surface area contributed by atoms with Gasteiger partial charge < -0.3 is 82.3 Å². The van der Waals surface area contributed by atoms with Crippen molar-refractivity contribution >= 4 is 33.9 Å². The van der Waals surface area contributed by atoms with Crippen molar-refractivity contribution in [3.63, 3.8) is 0 Å². The molecule has 3 saturated heterocycles. The molecule has 0 spiro atoms. The standard InChI is InChI=1S/C30H34N2O8.C24H30O5.C23H29NO5.CHF3O3S/c1-20-23(15-21-9-5-3-6-10-21)26(39-19-38-16-22-11-7-4-8-12-22)18-37-17-24(30(35)40-20)32-29(34)27-28(33)25(36-2)13-14-31-27;1-18-14-26-16-23(28-17-27-15-21-11-7-4-8-12-21)22(19(2)29-24(18)25)13-20-9-5-3-6-10-20;1-17-20(12-18-8-4-2-5-9-18)22(15-26-14-21(24)23(25)29-17)28-16-27-13-19-10-6-3-7-11-19;2-1(3,4)8(5,6)7/h3-14,20,23-24,26,33H,15-19H2,1-2H3,(H,32,34);3-12,18-19,22-23H,13-17H2,1-2H3;2-11,17,20-22H,12-16,24H2,1H3;(H,5,6,7)/t20-,23-,24-,26-;18-,19-,22-,23-;17-,20-,21-,22-;/m000./s1. The van der Waals surface area contributed by atoms with Crippen LogP contribution in [0, 0.1) is 23.7 Å². The number of aromatic nitrogens is 1. The molecule has 0 saturated carbocycles. The van der Waals surface area contributed by atoms with E-state index < -0.39 is 57.5 Å². The first-order valence-corrected chi connectivity index (χ1v) is 35.9. The summed E-state index contributed by atoms with van der Waals surface area (Å²) in [5.74, 6) is -2.99. The van der Waals surface area contributed by atoms with E-state index >= 15 is 0 Å². The molecule has 4 heterocycles. The second kappa shape index (κ2) is 44.4. The number of hydrogen-bond acceptors (Lipinski definition) is 22. The molecule has 6 aromatic carbocycles. The van der Waals surface area contributed by atoms with Crippen LogP contribution in [0.1, 0.15) is 71.6 Å². The van der Waals surface area contributed by atoms with Crippen LogP contribution in [-0.4, -0.2) is 168 Å². The van der Waals surface area contributed by atoms with Gasteiger partial charge in [0.2, 0.25) is 6.04 Å². The second-order valence-electron chi connectivity index (χ2n) is 25.3. The lowest BCUT2D eigenvalue weighted by Gasteiger charge is -2.30. The first-order chi connectivity index (χ1) is 51.0. The minimum Gasteiger partial charge on any atom is -0.741 e. The Morgan fingerprint density at radius 3 is 1.21 bits per heavy atom. The molecular weight excluding hydrogens is 1400 g/mol. The minimum absolute atomic E-state index is 0.0236. The van der Waals surface area contributed by atoms with Gasteiger partial charge in [-0.25, -0.2) is 23.0 Å². The fourth-order valence-electron chi connectivity index (χ4n) is 11.3. The van der Waals surface area contributed by atoms with E-state index in [1.54, 1.807) is 6.92 Å². The second-order valence-corrected chi connectivity index (χ2v) is 26.7. The van der Waals surface area contributed by atoms with Gasteiger partial charge in [0.05, 0.1) is 84.2 Å². The number of ether oxygens (including phenoxy) is 13. The summed E-state index contributed by atoms with van der Waals surface area (Å²) >= 11 is 0. The summed E-state index contributed by atoms with van der Waals surface area (Å²) in [5.41, 5.74) is 4.50. The Balaban J connectivity index is 0.000000214. The molecule has 3 aliphatic rings. The van der Waals surface area contributed by atoms with E-state index in [0.29, 0.717) is 52.5 Å². The summed E-state index contributed by atoms with van der Waals surface area (Å²) in [6.07, 6.45) is 1.19. The van der Waals surface area contributed by atoms with Gasteiger partial charge in [-0.1, -0.05) is 182 Å². The third-order valence-corrected chi connectivity index (χ3v) is 17.8. The Labute approximate surface area is 615 Å². The number of halogens is 3. The number of carbonyl (C=O) groups is 4. The van der Waals surface area contributed by atoms with Gasteiger partial charge in [-0.15, -0.1) is 0 Å². The molecule has 28 heteroatoms. The van der Waals surface area contributed by atoms with Crippen LogP contribution in [0.5, 0.6) is 11.5 Å². The molecule has 106 heavy (non-hydrogen) atoms. The largest absolute Gasteiger partial charge is 0.741 e. The number of carbonyl (C=O) groups excluding carboxylic acids is 4. The SMILES string of the molecule is COc1ccnc(C(=O)N[C@H]2COC[C@H](OCOCc3ccccc3)[C@@H](Cc3ccccc3)[C@H](C)OC2=O)c1O.C[C@@H]1OC(=O)[C@@H](C)COC[C@H](OCOCc2ccccc2)[C@H]1Cc1ccccc1.C[C@@H]1OC(=O)[C@@H]([NH3+])COC[C@H](OCOCc2ccccc2)[C@H]1Cc1ccccc1.O=S(=O)([O-])C(F)(F)F. The van der Waals surface area contributed by atoms with E-state index in [1.807, 2.05) is 178 Å². The number of hydrogen-bond donors (Lipinski definition) is 3. The molecule has 7 aromatic rings. The monoisotopic (exact) mass is 1500 g/mol. The van der Waals surface area contributed by atoms with Gasteiger partial charge in [0.25, 0.3) is 5.91 Å². The fraction of sp³-hybridized carbons (Fsp3) is 0.423. The molecular formula is C78H94F3N3O21S. The van der Waals surface area contributed by atoms with Crippen LogP contribution in [0.2, 0.25) is 0 Å². The Morgan fingerprint density at radius 1 is 0.519 bits per heavy atom. The smallest absolute Gasteiger partial charge is 0.485 e. The number of benzene rings is 6. The van der Waals surface area contributed by atoms with E-state index in [4.69, 9.17) is 74.5 Å². The van der Waals surface area contributed by atoms with Crippen LogP contribution in [-0.2, 0) is 120 Å². The predicted molar refractivity (Wildman–Crippen MR) is 378 cm³/mol. The molecule has 1 amide bonds. The molecule has 0 unspecified atom stereocenters. The number of aromatic hydroxyl groups is 1. The number of esters is 3. The van der Waals surface area contributed by atoms with E-state index in [2.05, 4.69) is 40.3 Å². The van der Waals surface area contributed by atoms with Gasteiger partial charge in [0.15, 0.2) is 33.4 Å². The number of quaternary nitrogens is 1. The molecule has 1 aromatic heterocycles. The lowest BCUT2D eigenvalue weighted by Crippen LogP contribution is -2.67. The zero-order chi connectivity index (χ0) is 76.3. The molecule has 574 valence electrons. The summed E-state index contributed by atoms with van der Waals surface area (Å²) in [4.78, 5) is 54.4. The van der Waals surface area contributed by atoms with E-state index in [9.17, 15) is 37.5 Å². The number of nitrogens with one attached hydrogen (secondary N) is 1. The van der Waals surface area contributed by atoms with Gasteiger partial charge in [0, 0.05) is 30.0 Å². The molecule has 12 atom stereocenters. The third kappa shape index (κ3) is 28.9. The number of pyridine rings is 1. The summed E-state index contributed by atoms with van der Waals surface area (Å²) in [7, 11) is -4.73. The van der Waals surface area contributed by atoms with Crippen molar-refractivity contribution in [2.75, 3.05) is 67.1 Å². The topological polar surface area (TPSA) is 318 Å². The summed E-state index contributed by atoms with van der Waals surface area (Å²) < 4.78 is 134.